The second-order valence-electron chi connectivity index (χ2n) is 5.66. The average Bonchev–Trinajstić information content (AvgIpc) is 2.54. The van der Waals surface area contributed by atoms with Crippen LogP contribution in [0.4, 0.5) is 0 Å². The summed E-state index contributed by atoms with van der Waals surface area (Å²) in [5, 5.41) is 21.3. The van der Waals surface area contributed by atoms with Crippen LogP contribution in [-0.2, 0) is 0 Å². The van der Waals surface area contributed by atoms with Gasteiger partial charge in [0.05, 0.1) is 22.7 Å². The van der Waals surface area contributed by atoms with Crippen molar-refractivity contribution in [2.75, 3.05) is 0 Å². The first kappa shape index (κ1) is 13.1. The summed E-state index contributed by atoms with van der Waals surface area (Å²) in [6.07, 6.45) is 3.91. The summed E-state index contributed by atoms with van der Waals surface area (Å²) in [6.45, 7) is 0. The van der Waals surface area contributed by atoms with Gasteiger partial charge in [0.2, 0.25) is 0 Å². The molecule has 0 aliphatic heterocycles. The lowest BCUT2D eigenvalue weighted by molar-refractivity contribution is 0.0330. The van der Waals surface area contributed by atoms with Gasteiger partial charge in [0, 0.05) is 5.39 Å². The molecule has 1 heterocycles. The van der Waals surface area contributed by atoms with Crippen molar-refractivity contribution in [2.24, 2.45) is 5.41 Å². The van der Waals surface area contributed by atoms with Gasteiger partial charge in [0.25, 0.3) is 0 Å². The maximum absolute atomic E-state index is 10.7. The first-order chi connectivity index (χ1) is 9.75. The third kappa shape index (κ3) is 2.17. The molecule has 1 fully saturated rings. The Labute approximate surface area is 118 Å². The highest BCUT2D eigenvalue weighted by molar-refractivity contribution is 5.78. The predicted octanol–water partition coefficient (Wildman–Crippen LogP) is 3.74. The van der Waals surface area contributed by atoms with E-state index in [2.05, 4.69) is 11.1 Å². The van der Waals surface area contributed by atoms with Crippen molar-refractivity contribution in [3.05, 3.63) is 42.1 Å². The highest BCUT2D eigenvalue weighted by atomic mass is 16.3. The zero-order valence-corrected chi connectivity index (χ0v) is 11.4. The number of aliphatic hydroxyl groups excluding tert-OH is 1. The fourth-order valence-electron chi connectivity index (χ4n) is 3.15. The number of hydrogen-bond donors (Lipinski definition) is 1. The lowest BCUT2D eigenvalue weighted by atomic mass is 9.70. The molecule has 3 rings (SSSR count). The summed E-state index contributed by atoms with van der Waals surface area (Å²) in [6, 6.07) is 14.0. The summed E-state index contributed by atoms with van der Waals surface area (Å²) in [5.41, 5.74) is 0.827. The summed E-state index contributed by atoms with van der Waals surface area (Å²) in [5.74, 6) is 0. The number of hydrogen-bond acceptors (Lipinski definition) is 3. The SMILES string of the molecule is N#CC1(C(O)c2ccc3ccccc3n2)CCCCC1. The number of aromatic nitrogens is 1. The first-order valence-electron chi connectivity index (χ1n) is 7.20. The van der Waals surface area contributed by atoms with E-state index >= 15 is 0 Å². The first-order valence-corrected chi connectivity index (χ1v) is 7.20. The van der Waals surface area contributed by atoms with Crippen molar-refractivity contribution in [1.82, 2.24) is 4.98 Å². The number of aliphatic hydroxyl groups is 1. The van der Waals surface area contributed by atoms with Crippen LogP contribution in [0.2, 0.25) is 0 Å². The van der Waals surface area contributed by atoms with Crippen molar-refractivity contribution in [2.45, 2.75) is 38.2 Å². The zero-order valence-electron chi connectivity index (χ0n) is 11.4. The number of pyridine rings is 1. The summed E-state index contributed by atoms with van der Waals surface area (Å²) >= 11 is 0. The molecule has 1 aromatic carbocycles. The zero-order chi connectivity index (χ0) is 14.0. The Morgan fingerprint density at radius 3 is 2.60 bits per heavy atom. The summed E-state index contributed by atoms with van der Waals surface area (Å²) in [7, 11) is 0. The normalized spacial score (nSPS) is 19.4. The van der Waals surface area contributed by atoms with Crippen LogP contribution in [0.5, 0.6) is 0 Å². The molecule has 20 heavy (non-hydrogen) atoms. The van der Waals surface area contributed by atoms with E-state index in [1.165, 1.54) is 0 Å². The van der Waals surface area contributed by atoms with Crippen LogP contribution < -0.4 is 0 Å². The Balaban J connectivity index is 1.99. The van der Waals surface area contributed by atoms with Gasteiger partial charge in [0.15, 0.2) is 0 Å². The van der Waals surface area contributed by atoms with Crippen LogP contribution in [-0.4, -0.2) is 10.1 Å². The lowest BCUT2D eigenvalue weighted by Crippen LogP contribution is -2.30. The van der Waals surface area contributed by atoms with Crippen LogP contribution in [0.25, 0.3) is 10.9 Å². The minimum atomic E-state index is -0.794. The van der Waals surface area contributed by atoms with Gasteiger partial charge in [0.1, 0.15) is 6.10 Å². The van der Waals surface area contributed by atoms with E-state index in [0.717, 1.165) is 43.0 Å². The number of nitriles is 1. The Bertz CT molecular complexity index is 653. The van der Waals surface area contributed by atoms with Gasteiger partial charge in [-0.05, 0) is 25.0 Å². The molecule has 1 aromatic heterocycles. The molecule has 0 bridgehead atoms. The molecular weight excluding hydrogens is 248 g/mol. The molecule has 1 saturated carbocycles. The van der Waals surface area contributed by atoms with Gasteiger partial charge in [-0.1, -0.05) is 43.5 Å². The van der Waals surface area contributed by atoms with Crippen molar-refractivity contribution in [3.8, 4) is 6.07 Å². The highest BCUT2D eigenvalue weighted by Crippen LogP contribution is 2.45. The third-order valence-corrected chi connectivity index (χ3v) is 4.39. The quantitative estimate of drug-likeness (QED) is 0.900. The second-order valence-corrected chi connectivity index (χ2v) is 5.66. The van der Waals surface area contributed by atoms with Crippen molar-refractivity contribution in [1.29, 1.82) is 5.26 Å². The number of fused-ring (bicyclic) bond motifs is 1. The molecule has 1 aliphatic carbocycles. The number of rotatable bonds is 2. The van der Waals surface area contributed by atoms with E-state index in [4.69, 9.17) is 0 Å². The molecule has 1 atom stereocenters. The molecule has 102 valence electrons. The molecule has 1 aliphatic rings. The summed E-state index contributed by atoms with van der Waals surface area (Å²) in [4.78, 5) is 4.54. The molecule has 0 saturated heterocycles. The van der Waals surface area contributed by atoms with E-state index < -0.39 is 11.5 Å². The van der Waals surface area contributed by atoms with Crippen LogP contribution in [0.15, 0.2) is 36.4 Å². The number of benzene rings is 1. The standard InChI is InChI=1S/C17H18N2O/c18-12-17(10-4-1-5-11-17)16(20)15-9-8-13-6-2-3-7-14(13)19-15/h2-3,6-9,16,20H,1,4-5,10-11H2. The molecule has 1 unspecified atom stereocenters. The number of para-hydroxylation sites is 1. The van der Waals surface area contributed by atoms with E-state index in [1.54, 1.807) is 0 Å². The molecule has 0 spiro atoms. The maximum Gasteiger partial charge on any atom is 0.115 e. The van der Waals surface area contributed by atoms with E-state index in [-0.39, 0.29) is 0 Å². The Kier molecular flexibility index (Phi) is 3.42. The molecular formula is C17H18N2O. The van der Waals surface area contributed by atoms with Crippen LogP contribution in [0.3, 0.4) is 0 Å². The van der Waals surface area contributed by atoms with Crippen molar-refractivity contribution >= 4 is 10.9 Å². The van der Waals surface area contributed by atoms with Gasteiger partial charge in [-0.15, -0.1) is 0 Å². The predicted molar refractivity (Wildman–Crippen MR) is 77.8 cm³/mol. The van der Waals surface area contributed by atoms with Gasteiger partial charge >= 0.3 is 0 Å². The van der Waals surface area contributed by atoms with Gasteiger partial charge in [-0.2, -0.15) is 5.26 Å². The van der Waals surface area contributed by atoms with Gasteiger partial charge < -0.3 is 5.11 Å². The van der Waals surface area contributed by atoms with E-state index in [0.29, 0.717) is 5.69 Å². The molecule has 0 amide bonds. The fraction of sp³-hybridized carbons (Fsp3) is 0.412. The van der Waals surface area contributed by atoms with Crippen molar-refractivity contribution in [3.63, 3.8) is 0 Å². The van der Waals surface area contributed by atoms with Crippen LogP contribution in [0, 0.1) is 16.7 Å². The third-order valence-electron chi connectivity index (χ3n) is 4.39. The Morgan fingerprint density at radius 2 is 1.85 bits per heavy atom. The largest absolute Gasteiger partial charge is 0.385 e. The second kappa shape index (κ2) is 5.22. The molecule has 3 nitrogen and oxygen atoms in total. The molecule has 1 N–H and O–H groups in total. The van der Waals surface area contributed by atoms with Gasteiger partial charge in [-0.25, -0.2) is 0 Å². The maximum atomic E-state index is 10.7. The Morgan fingerprint density at radius 1 is 1.10 bits per heavy atom. The van der Waals surface area contributed by atoms with E-state index in [1.807, 2.05) is 36.4 Å². The average molecular weight is 266 g/mol. The molecule has 3 heteroatoms. The topological polar surface area (TPSA) is 56.9 Å². The summed E-state index contributed by atoms with van der Waals surface area (Å²) < 4.78 is 0. The molecule has 2 aromatic rings. The minimum absolute atomic E-state index is 0.618. The fourth-order valence-corrected chi connectivity index (χ4v) is 3.15. The Hall–Kier alpha value is -1.92. The van der Waals surface area contributed by atoms with Crippen LogP contribution >= 0.6 is 0 Å². The van der Waals surface area contributed by atoms with Crippen molar-refractivity contribution < 1.29 is 5.11 Å². The van der Waals surface area contributed by atoms with E-state index in [9.17, 15) is 10.4 Å². The minimum Gasteiger partial charge on any atom is -0.385 e. The van der Waals surface area contributed by atoms with Crippen LogP contribution in [0.1, 0.15) is 43.9 Å². The lowest BCUT2D eigenvalue weighted by Gasteiger charge is -2.34. The molecule has 0 radical (unpaired) electrons. The van der Waals surface area contributed by atoms with Gasteiger partial charge in [-0.3, -0.25) is 4.98 Å². The smallest absolute Gasteiger partial charge is 0.115 e. The number of nitrogens with zero attached hydrogens (tertiary/aromatic N) is 2. The monoisotopic (exact) mass is 266 g/mol. The highest BCUT2D eigenvalue weighted by Gasteiger charge is 2.40.